The van der Waals surface area contributed by atoms with Gasteiger partial charge in [0.2, 0.25) is 5.91 Å². The topological polar surface area (TPSA) is 71.7 Å². The standard InChI is InChI=1S/C17H22N4O2S.ClH/c18-17(5-11-23-12-6-17)15(22)20-7-9-21(10-8-20)16-19-13-3-1-2-4-14(13)24-16;/h1-4H,5-12,18H2;1H. The molecule has 2 fully saturated rings. The van der Waals surface area contributed by atoms with E-state index in [1.54, 1.807) is 11.3 Å². The summed E-state index contributed by atoms with van der Waals surface area (Å²) in [6, 6.07) is 8.19. The van der Waals surface area contributed by atoms with Crippen LogP contribution in [0.4, 0.5) is 5.13 Å². The Morgan fingerprint density at radius 3 is 2.52 bits per heavy atom. The minimum Gasteiger partial charge on any atom is -0.381 e. The Morgan fingerprint density at radius 2 is 1.84 bits per heavy atom. The summed E-state index contributed by atoms with van der Waals surface area (Å²) in [5, 5.41) is 1.04. The summed E-state index contributed by atoms with van der Waals surface area (Å²) in [5.74, 6) is 0.0785. The van der Waals surface area contributed by atoms with Crippen molar-refractivity contribution in [1.82, 2.24) is 9.88 Å². The molecular formula is C17H23ClN4O2S. The van der Waals surface area contributed by atoms with Crippen LogP contribution in [0.25, 0.3) is 10.2 Å². The maximum atomic E-state index is 12.8. The van der Waals surface area contributed by atoms with Crippen molar-refractivity contribution in [3.05, 3.63) is 24.3 Å². The highest BCUT2D eigenvalue weighted by molar-refractivity contribution is 7.22. The lowest BCUT2D eigenvalue weighted by atomic mass is 9.89. The van der Waals surface area contributed by atoms with Gasteiger partial charge in [0, 0.05) is 39.4 Å². The van der Waals surface area contributed by atoms with Crippen molar-refractivity contribution in [1.29, 1.82) is 0 Å². The number of rotatable bonds is 2. The van der Waals surface area contributed by atoms with Gasteiger partial charge in [-0.25, -0.2) is 4.98 Å². The number of carbonyl (C=O) groups is 1. The van der Waals surface area contributed by atoms with Gasteiger partial charge in [-0.05, 0) is 25.0 Å². The second kappa shape index (κ2) is 7.45. The number of nitrogens with zero attached hydrogens (tertiary/aromatic N) is 3. The minimum absolute atomic E-state index is 0. The zero-order valence-electron chi connectivity index (χ0n) is 14.0. The zero-order chi connectivity index (χ0) is 16.6. The Balaban J connectivity index is 0.00000182. The van der Waals surface area contributed by atoms with Crippen LogP contribution in [0.15, 0.2) is 24.3 Å². The summed E-state index contributed by atoms with van der Waals surface area (Å²) in [6.45, 7) is 4.17. The average molecular weight is 383 g/mol. The van der Waals surface area contributed by atoms with E-state index in [1.807, 2.05) is 23.1 Å². The molecule has 136 valence electrons. The second-order valence-electron chi connectivity index (χ2n) is 6.51. The molecule has 8 heteroatoms. The summed E-state index contributed by atoms with van der Waals surface area (Å²) < 4.78 is 6.54. The van der Waals surface area contributed by atoms with Crippen LogP contribution in [0.2, 0.25) is 0 Å². The van der Waals surface area contributed by atoms with E-state index >= 15 is 0 Å². The molecule has 2 N–H and O–H groups in total. The van der Waals surface area contributed by atoms with Gasteiger partial charge in [-0.15, -0.1) is 12.4 Å². The Morgan fingerprint density at radius 1 is 1.16 bits per heavy atom. The molecule has 1 amide bonds. The van der Waals surface area contributed by atoms with Crippen molar-refractivity contribution in [3.63, 3.8) is 0 Å². The van der Waals surface area contributed by atoms with Crippen LogP contribution in [0, 0.1) is 0 Å². The van der Waals surface area contributed by atoms with Crippen molar-refractivity contribution in [3.8, 4) is 0 Å². The van der Waals surface area contributed by atoms with E-state index in [2.05, 4.69) is 11.0 Å². The van der Waals surface area contributed by atoms with Crippen molar-refractivity contribution >= 4 is 45.0 Å². The first kappa shape index (κ1) is 18.4. The minimum atomic E-state index is -0.740. The molecule has 0 atom stereocenters. The maximum absolute atomic E-state index is 12.8. The molecule has 3 heterocycles. The summed E-state index contributed by atoms with van der Waals surface area (Å²) in [5.41, 5.74) is 6.64. The molecule has 0 bridgehead atoms. The fourth-order valence-electron chi connectivity index (χ4n) is 3.36. The third kappa shape index (κ3) is 3.60. The van der Waals surface area contributed by atoms with Gasteiger partial charge >= 0.3 is 0 Å². The number of halogens is 1. The van der Waals surface area contributed by atoms with E-state index in [9.17, 15) is 4.79 Å². The summed E-state index contributed by atoms with van der Waals surface area (Å²) in [6.07, 6.45) is 1.23. The Labute approximate surface area is 157 Å². The Kier molecular flexibility index (Phi) is 5.48. The number of para-hydroxylation sites is 1. The predicted molar refractivity (Wildman–Crippen MR) is 103 cm³/mol. The third-order valence-electron chi connectivity index (χ3n) is 4.93. The normalized spacial score (nSPS) is 20.4. The highest BCUT2D eigenvalue weighted by Gasteiger charge is 2.39. The molecule has 0 spiro atoms. The number of carbonyl (C=O) groups excluding carboxylic acids is 1. The molecule has 1 aromatic carbocycles. The summed E-state index contributed by atoms with van der Waals surface area (Å²) in [7, 11) is 0. The first-order valence-corrected chi connectivity index (χ1v) is 9.24. The van der Waals surface area contributed by atoms with Gasteiger partial charge in [0.25, 0.3) is 0 Å². The Hall–Kier alpha value is -1.41. The van der Waals surface area contributed by atoms with Crippen LogP contribution in [-0.4, -0.2) is 60.7 Å². The molecule has 2 aliphatic heterocycles. The van der Waals surface area contributed by atoms with E-state index < -0.39 is 5.54 Å². The van der Waals surface area contributed by atoms with Crippen molar-refractivity contribution in [2.45, 2.75) is 18.4 Å². The number of hydrogen-bond acceptors (Lipinski definition) is 6. The van der Waals surface area contributed by atoms with Crippen LogP contribution >= 0.6 is 23.7 Å². The Bertz CT molecular complexity index is 706. The number of anilines is 1. The van der Waals surface area contributed by atoms with Gasteiger partial charge < -0.3 is 20.3 Å². The molecule has 2 aliphatic rings. The molecule has 1 aromatic heterocycles. The predicted octanol–water partition coefficient (Wildman–Crippen LogP) is 1.87. The van der Waals surface area contributed by atoms with Crippen LogP contribution in [-0.2, 0) is 9.53 Å². The number of fused-ring (bicyclic) bond motifs is 1. The number of hydrogen-bond donors (Lipinski definition) is 1. The summed E-state index contributed by atoms with van der Waals surface area (Å²) in [4.78, 5) is 21.7. The fourth-order valence-corrected chi connectivity index (χ4v) is 4.38. The largest absolute Gasteiger partial charge is 0.381 e. The van der Waals surface area contributed by atoms with Crippen molar-refractivity contribution < 1.29 is 9.53 Å². The average Bonchev–Trinajstić information content (AvgIpc) is 3.06. The van der Waals surface area contributed by atoms with E-state index in [0.29, 0.717) is 39.1 Å². The first-order chi connectivity index (χ1) is 11.7. The highest BCUT2D eigenvalue weighted by Crippen LogP contribution is 2.29. The van der Waals surface area contributed by atoms with Gasteiger partial charge in [0.15, 0.2) is 5.13 Å². The molecule has 0 radical (unpaired) electrons. The SMILES string of the molecule is Cl.NC1(C(=O)N2CCN(c3nc4ccccc4s3)CC2)CCOCC1. The zero-order valence-corrected chi connectivity index (χ0v) is 15.7. The van der Waals surface area contributed by atoms with Gasteiger partial charge in [0.05, 0.1) is 15.8 Å². The number of benzene rings is 1. The number of aromatic nitrogens is 1. The van der Waals surface area contributed by atoms with Gasteiger partial charge in [0.1, 0.15) is 0 Å². The molecule has 4 rings (SSSR count). The van der Waals surface area contributed by atoms with E-state index in [-0.39, 0.29) is 18.3 Å². The molecule has 0 saturated carbocycles. The van der Waals surface area contributed by atoms with Crippen LogP contribution in [0.3, 0.4) is 0 Å². The highest BCUT2D eigenvalue weighted by atomic mass is 35.5. The number of nitrogens with two attached hydrogens (primary N) is 1. The van der Waals surface area contributed by atoms with Crippen molar-refractivity contribution in [2.24, 2.45) is 5.73 Å². The molecular weight excluding hydrogens is 360 g/mol. The van der Waals surface area contributed by atoms with Crippen LogP contribution in [0.1, 0.15) is 12.8 Å². The number of ether oxygens (including phenoxy) is 1. The quantitative estimate of drug-likeness (QED) is 0.858. The molecule has 2 saturated heterocycles. The summed E-state index contributed by atoms with van der Waals surface area (Å²) >= 11 is 1.71. The second-order valence-corrected chi connectivity index (χ2v) is 7.52. The number of thiazole rings is 1. The van der Waals surface area contributed by atoms with Crippen LogP contribution in [0.5, 0.6) is 0 Å². The van der Waals surface area contributed by atoms with Crippen LogP contribution < -0.4 is 10.6 Å². The smallest absolute Gasteiger partial charge is 0.242 e. The molecule has 2 aromatic rings. The molecule has 25 heavy (non-hydrogen) atoms. The van der Waals surface area contributed by atoms with E-state index in [0.717, 1.165) is 23.7 Å². The van der Waals surface area contributed by atoms with E-state index in [4.69, 9.17) is 15.5 Å². The monoisotopic (exact) mass is 382 g/mol. The third-order valence-corrected chi connectivity index (χ3v) is 6.03. The number of amides is 1. The first-order valence-electron chi connectivity index (χ1n) is 8.42. The van der Waals surface area contributed by atoms with E-state index in [1.165, 1.54) is 4.70 Å². The molecule has 6 nitrogen and oxygen atoms in total. The van der Waals surface area contributed by atoms with Gasteiger partial charge in [-0.3, -0.25) is 4.79 Å². The fraction of sp³-hybridized carbons (Fsp3) is 0.529. The number of piperazine rings is 1. The molecule has 0 aliphatic carbocycles. The lowest BCUT2D eigenvalue weighted by Gasteiger charge is -2.40. The molecule has 0 unspecified atom stereocenters. The lowest BCUT2D eigenvalue weighted by Crippen LogP contribution is -2.61. The maximum Gasteiger partial charge on any atom is 0.242 e. The van der Waals surface area contributed by atoms with Gasteiger partial charge in [-0.2, -0.15) is 0 Å². The lowest BCUT2D eigenvalue weighted by molar-refractivity contribution is -0.140. The van der Waals surface area contributed by atoms with Crippen molar-refractivity contribution in [2.75, 3.05) is 44.3 Å². The van der Waals surface area contributed by atoms with Gasteiger partial charge in [-0.1, -0.05) is 23.5 Å².